The number of aromatic amines is 1. The van der Waals surface area contributed by atoms with Crippen LogP contribution in [0.1, 0.15) is 37.5 Å². The lowest BCUT2D eigenvalue weighted by molar-refractivity contribution is -0.0654. The summed E-state index contributed by atoms with van der Waals surface area (Å²) in [6.45, 7) is 2.51. The molecule has 1 aromatic carbocycles. The first-order valence-corrected chi connectivity index (χ1v) is 10.4. The van der Waals surface area contributed by atoms with Crippen LogP contribution in [0.5, 0.6) is 5.75 Å². The van der Waals surface area contributed by atoms with Crippen LogP contribution in [0.3, 0.4) is 0 Å². The van der Waals surface area contributed by atoms with E-state index < -0.39 is 0 Å². The van der Waals surface area contributed by atoms with E-state index in [4.69, 9.17) is 9.47 Å². The summed E-state index contributed by atoms with van der Waals surface area (Å²) < 4.78 is 11.6. The number of hydrogen-bond acceptors (Lipinski definition) is 6. The van der Waals surface area contributed by atoms with Crippen molar-refractivity contribution in [1.82, 2.24) is 19.9 Å². The van der Waals surface area contributed by atoms with Gasteiger partial charge >= 0.3 is 0 Å². The highest BCUT2D eigenvalue weighted by molar-refractivity contribution is 5.88. The number of ether oxygens (including phenoxy) is 2. The number of methoxy groups -OCH3 is 1. The molecule has 6 rings (SSSR count). The van der Waals surface area contributed by atoms with E-state index in [2.05, 4.69) is 43.4 Å². The third-order valence-corrected chi connectivity index (χ3v) is 6.48. The first-order valence-electron chi connectivity index (χ1n) is 10.4. The number of hydrogen-bond donors (Lipinski definition) is 2. The number of para-hydroxylation sites is 1. The first kappa shape index (κ1) is 17.2. The van der Waals surface area contributed by atoms with E-state index in [0.717, 1.165) is 35.7 Å². The molecular weight excluding hydrogens is 366 g/mol. The fourth-order valence-electron chi connectivity index (χ4n) is 4.56. The van der Waals surface area contributed by atoms with Gasteiger partial charge < -0.3 is 19.8 Å². The van der Waals surface area contributed by atoms with Crippen molar-refractivity contribution in [2.75, 3.05) is 32.1 Å². The summed E-state index contributed by atoms with van der Waals surface area (Å²) >= 11 is 0. The van der Waals surface area contributed by atoms with Crippen LogP contribution in [-0.2, 0) is 4.74 Å². The quantitative estimate of drug-likeness (QED) is 0.693. The number of likely N-dealkylation sites (tertiary alicyclic amines) is 1. The van der Waals surface area contributed by atoms with Gasteiger partial charge in [-0.25, -0.2) is 9.97 Å². The van der Waals surface area contributed by atoms with Gasteiger partial charge in [0.15, 0.2) is 0 Å². The van der Waals surface area contributed by atoms with Crippen molar-refractivity contribution in [3.05, 3.63) is 47.9 Å². The highest BCUT2D eigenvalue weighted by atomic mass is 16.5. The summed E-state index contributed by atoms with van der Waals surface area (Å²) in [7, 11) is 1.78. The smallest absolute Gasteiger partial charge is 0.143 e. The molecule has 2 aliphatic heterocycles. The van der Waals surface area contributed by atoms with Crippen molar-refractivity contribution in [3.63, 3.8) is 0 Å². The SMILES string of the molecule is COC1CN(C2COc3ccccc3C2Nc2ncnc3[nH]c(C4CC4)cc23)C1.[HH]. The van der Waals surface area contributed by atoms with Crippen LogP contribution in [0.4, 0.5) is 5.82 Å². The molecule has 0 radical (unpaired) electrons. The standard InChI is InChI=1S/C22H25N5O2.H2/c1-28-14-9-27(10-14)18-11-29-19-5-3-2-4-15(19)20(18)26-22-16-8-17(13-6-7-13)25-21(16)23-12-24-22;/h2-5,8,12-14,18,20H,6-7,9-11H2,1H3,(H2,23,24,25,26);1H. The van der Waals surface area contributed by atoms with Crippen LogP contribution in [0, 0.1) is 0 Å². The molecule has 1 saturated carbocycles. The summed E-state index contributed by atoms with van der Waals surface area (Å²) in [4.78, 5) is 15.0. The summed E-state index contributed by atoms with van der Waals surface area (Å²) in [5.41, 5.74) is 3.36. The predicted molar refractivity (Wildman–Crippen MR) is 112 cm³/mol. The van der Waals surface area contributed by atoms with Gasteiger partial charge in [-0.2, -0.15) is 0 Å². The molecule has 2 atom stereocenters. The summed E-state index contributed by atoms with van der Waals surface area (Å²) in [5, 5.41) is 4.82. The van der Waals surface area contributed by atoms with E-state index in [1.54, 1.807) is 13.4 Å². The van der Waals surface area contributed by atoms with Crippen molar-refractivity contribution in [3.8, 4) is 5.75 Å². The average Bonchev–Trinajstić information content (AvgIpc) is 3.47. The maximum Gasteiger partial charge on any atom is 0.143 e. The molecule has 1 aliphatic carbocycles. The van der Waals surface area contributed by atoms with Gasteiger partial charge in [0, 0.05) is 32.9 Å². The van der Waals surface area contributed by atoms with Crippen LogP contribution in [0.15, 0.2) is 36.7 Å². The summed E-state index contributed by atoms with van der Waals surface area (Å²) in [6.07, 6.45) is 4.47. The van der Waals surface area contributed by atoms with E-state index in [-0.39, 0.29) is 13.5 Å². The minimum absolute atomic E-state index is 0. The second-order valence-electron chi connectivity index (χ2n) is 8.33. The predicted octanol–water partition coefficient (Wildman–Crippen LogP) is 3.33. The summed E-state index contributed by atoms with van der Waals surface area (Å²) in [5.74, 6) is 2.48. The van der Waals surface area contributed by atoms with Gasteiger partial charge in [-0.15, -0.1) is 0 Å². The Kier molecular flexibility index (Phi) is 3.99. The van der Waals surface area contributed by atoms with Crippen LogP contribution >= 0.6 is 0 Å². The van der Waals surface area contributed by atoms with Crippen molar-refractivity contribution < 1.29 is 10.9 Å². The number of nitrogens with zero attached hydrogens (tertiary/aromatic N) is 3. The van der Waals surface area contributed by atoms with E-state index in [0.29, 0.717) is 18.6 Å². The molecular formula is C22H27N5O2. The van der Waals surface area contributed by atoms with Crippen molar-refractivity contribution in [2.24, 2.45) is 0 Å². The lowest BCUT2D eigenvalue weighted by Gasteiger charge is -2.48. The maximum absolute atomic E-state index is 6.10. The van der Waals surface area contributed by atoms with E-state index in [1.165, 1.54) is 24.1 Å². The molecule has 2 N–H and O–H groups in total. The second kappa shape index (κ2) is 6.71. The van der Waals surface area contributed by atoms with E-state index >= 15 is 0 Å². The second-order valence-corrected chi connectivity index (χ2v) is 8.33. The normalized spacial score (nSPS) is 24.7. The molecule has 2 unspecified atom stereocenters. The molecule has 0 spiro atoms. The molecule has 0 amide bonds. The molecule has 3 aliphatic rings. The van der Waals surface area contributed by atoms with Crippen molar-refractivity contribution in [2.45, 2.75) is 36.9 Å². The molecule has 0 bridgehead atoms. The highest BCUT2D eigenvalue weighted by Gasteiger charge is 2.41. The Bertz CT molecular complexity index is 1050. The monoisotopic (exact) mass is 393 g/mol. The molecule has 152 valence electrons. The van der Waals surface area contributed by atoms with Gasteiger partial charge in [-0.05, 0) is 30.9 Å². The molecule has 3 aromatic rings. The molecule has 7 nitrogen and oxygen atoms in total. The molecule has 1 saturated heterocycles. The van der Waals surface area contributed by atoms with E-state index in [1.807, 2.05) is 12.1 Å². The van der Waals surface area contributed by atoms with Crippen LogP contribution in [0.2, 0.25) is 0 Å². The highest BCUT2D eigenvalue weighted by Crippen LogP contribution is 2.42. The van der Waals surface area contributed by atoms with Crippen LogP contribution in [-0.4, -0.2) is 58.8 Å². The number of anilines is 1. The van der Waals surface area contributed by atoms with Crippen molar-refractivity contribution in [1.29, 1.82) is 0 Å². The fourth-order valence-corrected chi connectivity index (χ4v) is 4.56. The van der Waals surface area contributed by atoms with Gasteiger partial charge in [-0.1, -0.05) is 18.2 Å². The summed E-state index contributed by atoms with van der Waals surface area (Å²) in [6, 6.07) is 10.8. The zero-order valence-corrected chi connectivity index (χ0v) is 16.5. The Morgan fingerprint density at radius 3 is 2.93 bits per heavy atom. The zero-order chi connectivity index (χ0) is 19.4. The topological polar surface area (TPSA) is 75.3 Å². The number of fused-ring (bicyclic) bond motifs is 2. The van der Waals surface area contributed by atoms with Gasteiger partial charge in [-0.3, -0.25) is 4.90 Å². The number of H-pyrrole nitrogens is 1. The Hall–Kier alpha value is -2.64. The number of nitrogens with one attached hydrogen (secondary N) is 2. The van der Waals surface area contributed by atoms with E-state index in [9.17, 15) is 0 Å². The van der Waals surface area contributed by atoms with Gasteiger partial charge in [0.2, 0.25) is 0 Å². The number of aromatic nitrogens is 3. The Morgan fingerprint density at radius 2 is 2.10 bits per heavy atom. The minimum atomic E-state index is 0. The van der Waals surface area contributed by atoms with Crippen molar-refractivity contribution >= 4 is 16.9 Å². The number of benzene rings is 1. The fraction of sp³-hybridized carbons (Fsp3) is 0.455. The molecule has 2 aromatic heterocycles. The van der Waals surface area contributed by atoms with Crippen LogP contribution in [0.25, 0.3) is 11.0 Å². The lowest BCUT2D eigenvalue weighted by atomic mass is 9.92. The Balaban J connectivity index is 0.00000193. The largest absolute Gasteiger partial charge is 0.491 e. The van der Waals surface area contributed by atoms with Gasteiger partial charge in [0.05, 0.1) is 23.6 Å². The first-order chi connectivity index (χ1) is 14.3. The lowest BCUT2D eigenvalue weighted by Crippen LogP contribution is -2.60. The molecule has 29 heavy (non-hydrogen) atoms. The molecule has 2 fully saturated rings. The Morgan fingerprint density at radius 1 is 1.24 bits per heavy atom. The van der Waals surface area contributed by atoms with Gasteiger partial charge in [0.1, 0.15) is 30.1 Å². The van der Waals surface area contributed by atoms with Crippen LogP contribution < -0.4 is 10.1 Å². The maximum atomic E-state index is 6.10. The molecule has 4 heterocycles. The molecule has 7 heteroatoms. The number of rotatable bonds is 5. The zero-order valence-electron chi connectivity index (χ0n) is 16.5. The Labute approximate surface area is 170 Å². The average molecular weight is 393 g/mol. The third kappa shape index (κ3) is 2.96. The third-order valence-electron chi connectivity index (χ3n) is 6.48. The minimum Gasteiger partial charge on any atom is -0.491 e. The van der Waals surface area contributed by atoms with Gasteiger partial charge in [0.25, 0.3) is 0 Å².